The first-order valence-electron chi connectivity index (χ1n) is 10.0. The lowest BCUT2D eigenvalue weighted by Gasteiger charge is -2.26. The molecule has 0 radical (unpaired) electrons. The molecule has 1 aromatic carbocycles. The molecule has 0 aromatic heterocycles. The number of likely N-dealkylation sites (tertiary alicyclic amines) is 1. The lowest BCUT2D eigenvalue weighted by Crippen LogP contribution is -2.38. The predicted molar refractivity (Wildman–Crippen MR) is 104 cm³/mol. The molecule has 0 aliphatic carbocycles. The summed E-state index contributed by atoms with van der Waals surface area (Å²) in [6, 6.07) is 8.45. The van der Waals surface area contributed by atoms with Crippen LogP contribution in [0, 0.1) is 6.92 Å². The zero-order chi connectivity index (χ0) is 18.4. The number of rotatable bonds is 4. The lowest BCUT2D eigenvalue weighted by atomic mass is 10.2. The van der Waals surface area contributed by atoms with Crippen molar-refractivity contribution in [3.05, 3.63) is 29.8 Å². The smallest absolute Gasteiger partial charge is 0.224 e. The second kappa shape index (κ2) is 9.06. The van der Waals surface area contributed by atoms with Crippen LogP contribution < -0.4 is 4.90 Å². The fourth-order valence-electron chi connectivity index (χ4n) is 3.99. The van der Waals surface area contributed by atoms with Gasteiger partial charge in [-0.15, -0.1) is 0 Å². The number of carbonyl (C=O) groups excluding carboxylic acids is 2. The van der Waals surface area contributed by atoms with E-state index >= 15 is 0 Å². The zero-order valence-electron chi connectivity index (χ0n) is 16.0. The molecule has 5 heteroatoms. The molecule has 2 heterocycles. The van der Waals surface area contributed by atoms with Crippen molar-refractivity contribution in [2.75, 3.05) is 44.2 Å². The summed E-state index contributed by atoms with van der Waals surface area (Å²) in [5, 5.41) is 0. The molecule has 0 unspecified atom stereocenters. The maximum Gasteiger partial charge on any atom is 0.224 e. The first-order valence-corrected chi connectivity index (χ1v) is 10.0. The molecule has 0 saturated carbocycles. The number of amides is 2. The summed E-state index contributed by atoms with van der Waals surface area (Å²) in [6.45, 7) is 6.97. The van der Waals surface area contributed by atoms with Gasteiger partial charge in [0.25, 0.3) is 0 Å². The van der Waals surface area contributed by atoms with Crippen molar-refractivity contribution < 1.29 is 9.59 Å². The number of hydrogen-bond acceptors (Lipinski definition) is 3. The van der Waals surface area contributed by atoms with Crippen LogP contribution in [0.15, 0.2) is 24.3 Å². The summed E-state index contributed by atoms with van der Waals surface area (Å²) in [6.07, 6.45) is 5.26. The number of carbonyl (C=O) groups is 2. The van der Waals surface area contributed by atoms with Gasteiger partial charge in [0.2, 0.25) is 11.8 Å². The normalized spacial score (nSPS) is 19.3. The minimum atomic E-state index is 0.189. The second-order valence-electron chi connectivity index (χ2n) is 7.45. The molecular formula is C21H31N3O2. The molecule has 0 N–H and O–H groups in total. The van der Waals surface area contributed by atoms with Gasteiger partial charge in [0.1, 0.15) is 0 Å². The molecule has 3 rings (SSSR count). The average Bonchev–Trinajstić information content (AvgIpc) is 3.01. The third kappa shape index (κ3) is 4.77. The van der Waals surface area contributed by atoms with Crippen LogP contribution in [-0.4, -0.2) is 60.9 Å². The standard InChI is InChI=1S/C21H31N3O2/c1-18-8-4-5-9-19(18)22-13-7-14-24(17-16-22)21(26)11-15-23-12-6-2-3-10-20(23)25/h4-5,8-9H,2-3,6-7,10-17H2,1H3. The summed E-state index contributed by atoms with van der Waals surface area (Å²) in [5.74, 6) is 0.408. The van der Waals surface area contributed by atoms with Crippen LogP contribution in [0.5, 0.6) is 0 Å². The Morgan fingerprint density at radius 2 is 1.81 bits per heavy atom. The van der Waals surface area contributed by atoms with Gasteiger partial charge in [0.15, 0.2) is 0 Å². The van der Waals surface area contributed by atoms with Crippen molar-refractivity contribution in [2.45, 2.75) is 45.4 Å². The number of para-hydroxylation sites is 1. The summed E-state index contributed by atoms with van der Waals surface area (Å²) >= 11 is 0. The van der Waals surface area contributed by atoms with E-state index in [1.54, 1.807) is 0 Å². The summed E-state index contributed by atoms with van der Waals surface area (Å²) in [7, 11) is 0. The molecule has 2 aliphatic heterocycles. The van der Waals surface area contributed by atoms with Gasteiger partial charge in [0.05, 0.1) is 0 Å². The largest absolute Gasteiger partial charge is 0.369 e. The van der Waals surface area contributed by atoms with E-state index in [4.69, 9.17) is 0 Å². The highest BCUT2D eigenvalue weighted by atomic mass is 16.2. The molecule has 5 nitrogen and oxygen atoms in total. The Hall–Kier alpha value is -2.04. The van der Waals surface area contributed by atoms with Crippen LogP contribution in [0.25, 0.3) is 0 Å². The van der Waals surface area contributed by atoms with E-state index < -0.39 is 0 Å². The van der Waals surface area contributed by atoms with E-state index in [-0.39, 0.29) is 11.8 Å². The maximum absolute atomic E-state index is 12.7. The number of hydrogen-bond donors (Lipinski definition) is 0. The third-order valence-electron chi connectivity index (χ3n) is 5.57. The number of aryl methyl sites for hydroxylation is 1. The molecule has 2 aliphatic rings. The molecule has 2 saturated heterocycles. The SMILES string of the molecule is Cc1ccccc1N1CCCN(C(=O)CCN2CCCCCC2=O)CC1. The highest BCUT2D eigenvalue weighted by Crippen LogP contribution is 2.21. The van der Waals surface area contributed by atoms with E-state index in [1.807, 2.05) is 9.80 Å². The summed E-state index contributed by atoms with van der Waals surface area (Å²) < 4.78 is 0. The van der Waals surface area contributed by atoms with Crippen LogP contribution >= 0.6 is 0 Å². The van der Waals surface area contributed by atoms with Crippen molar-refractivity contribution in [3.8, 4) is 0 Å². The average molecular weight is 357 g/mol. The Morgan fingerprint density at radius 3 is 2.65 bits per heavy atom. The molecule has 2 amide bonds. The number of benzene rings is 1. The molecule has 26 heavy (non-hydrogen) atoms. The van der Waals surface area contributed by atoms with E-state index in [9.17, 15) is 9.59 Å². The van der Waals surface area contributed by atoms with Crippen LogP contribution in [-0.2, 0) is 9.59 Å². The van der Waals surface area contributed by atoms with Crippen LogP contribution in [0.2, 0.25) is 0 Å². The van der Waals surface area contributed by atoms with E-state index in [0.29, 0.717) is 19.4 Å². The maximum atomic E-state index is 12.7. The van der Waals surface area contributed by atoms with Crippen molar-refractivity contribution >= 4 is 17.5 Å². The first kappa shape index (κ1) is 18.7. The van der Waals surface area contributed by atoms with Crippen molar-refractivity contribution in [1.82, 2.24) is 9.80 Å². The van der Waals surface area contributed by atoms with Gasteiger partial charge in [-0.25, -0.2) is 0 Å². The van der Waals surface area contributed by atoms with Gasteiger partial charge >= 0.3 is 0 Å². The Bertz CT molecular complexity index is 631. The Labute approximate surface area is 156 Å². The molecule has 2 fully saturated rings. The molecule has 0 atom stereocenters. The van der Waals surface area contributed by atoms with Crippen molar-refractivity contribution in [3.63, 3.8) is 0 Å². The Kier molecular flexibility index (Phi) is 6.53. The minimum absolute atomic E-state index is 0.189. The van der Waals surface area contributed by atoms with Crippen LogP contribution in [0.3, 0.4) is 0 Å². The summed E-state index contributed by atoms with van der Waals surface area (Å²) in [4.78, 5) is 31.0. The highest BCUT2D eigenvalue weighted by molar-refractivity contribution is 5.79. The Morgan fingerprint density at radius 1 is 0.962 bits per heavy atom. The number of anilines is 1. The van der Waals surface area contributed by atoms with Gasteiger partial charge in [-0.3, -0.25) is 9.59 Å². The molecule has 142 valence electrons. The van der Waals surface area contributed by atoms with E-state index in [0.717, 1.165) is 58.4 Å². The van der Waals surface area contributed by atoms with Crippen molar-refractivity contribution in [1.29, 1.82) is 0 Å². The van der Waals surface area contributed by atoms with E-state index in [1.165, 1.54) is 11.3 Å². The summed E-state index contributed by atoms with van der Waals surface area (Å²) in [5.41, 5.74) is 2.56. The quantitative estimate of drug-likeness (QED) is 0.832. The first-order chi connectivity index (χ1) is 12.6. The molecule has 0 spiro atoms. The van der Waals surface area contributed by atoms with Gasteiger partial charge in [-0.1, -0.05) is 24.6 Å². The monoisotopic (exact) mass is 357 g/mol. The van der Waals surface area contributed by atoms with Crippen LogP contribution in [0.4, 0.5) is 5.69 Å². The second-order valence-corrected chi connectivity index (χ2v) is 7.45. The van der Waals surface area contributed by atoms with Gasteiger partial charge in [-0.2, -0.15) is 0 Å². The Balaban J connectivity index is 1.51. The molecule has 1 aromatic rings. The topological polar surface area (TPSA) is 43.9 Å². The fraction of sp³-hybridized carbons (Fsp3) is 0.619. The number of nitrogens with zero attached hydrogens (tertiary/aromatic N) is 3. The van der Waals surface area contributed by atoms with Gasteiger partial charge in [-0.05, 0) is 37.8 Å². The lowest BCUT2D eigenvalue weighted by molar-refractivity contribution is -0.134. The zero-order valence-corrected chi connectivity index (χ0v) is 16.0. The fourth-order valence-corrected chi connectivity index (χ4v) is 3.99. The van der Waals surface area contributed by atoms with Gasteiger partial charge in [0, 0.05) is 57.8 Å². The van der Waals surface area contributed by atoms with Gasteiger partial charge < -0.3 is 14.7 Å². The predicted octanol–water partition coefficient (Wildman–Crippen LogP) is 2.83. The highest BCUT2D eigenvalue weighted by Gasteiger charge is 2.22. The van der Waals surface area contributed by atoms with E-state index in [2.05, 4.69) is 36.1 Å². The molecule has 0 bridgehead atoms. The minimum Gasteiger partial charge on any atom is -0.369 e. The van der Waals surface area contributed by atoms with Crippen molar-refractivity contribution in [2.24, 2.45) is 0 Å². The van der Waals surface area contributed by atoms with Crippen LogP contribution in [0.1, 0.15) is 44.1 Å². The third-order valence-corrected chi connectivity index (χ3v) is 5.57. The molecular weight excluding hydrogens is 326 g/mol.